The van der Waals surface area contributed by atoms with Crippen molar-refractivity contribution in [3.8, 4) is 0 Å². The second kappa shape index (κ2) is 4.76. The molecule has 5 heteroatoms. The molecule has 0 spiro atoms. The van der Waals surface area contributed by atoms with E-state index in [-0.39, 0.29) is 6.04 Å². The van der Waals surface area contributed by atoms with E-state index in [0.717, 1.165) is 17.7 Å². The summed E-state index contributed by atoms with van der Waals surface area (Å²) in [5, 5.41) is 3.00. The number of hydrogen-bond donors (Lipinski definition) is 1. The lowest BCUT2D eigenvalue weighted by Gasteiger charge is -2.15. The molecular formula is C13H12F3NO. The highest BCUT2D eigenvalue weighted by Crippen LogP contribution is 2.31. The molecule has 0 radical (unpaired) electrons. The fourth-order valence-electron chi connectivity index (χ4n) is 1.64. The number of nitrogens with one attached hydrogen (secondary N) is 1. The zero-order chi connectivity index (χ0) is 13.2. The van der Waals surface area contributed by atoms with Crippen molar-refractivity contribution in [2.45, 2.75) is 19.1 Å². The summed E-state index contributed by atoms with van der Waals surface area (Å²) in [6, 6.07) is 6.78. The third-order valence-corrected chi connectivity index (χ3v) is 2.62. The molecule has 1 N–H and O–H groups in total. The summed E-state index contributed by atoms with van der Waals surface area (Å²) in [6.07, 6.45) is -1.23. The van der Waals surface area contributed by atoms with E-state index in [1.54, 1.807) is 18.4 Å². The summed E-state index contributed by atoms with van der Waals surface area (Å²) in [4.78, 5) is 0. The van der Waals surface area contributed by atoms with Crippen molar-refractivity contribution >= 4 is 5.69 Å². The SMILES string of the molecule is CC(Nc1cccc(C(F)(F)F)c1)c1ccoc1. The zero-order valence-corrected chi connectivity index (χ0v) is 9.66. The van der Waals surface area contributed by atoms with Crippen LogP contribution in [-0.2, 0) is 6.18 Å². The normalized spacial score (nSPS) is 13.3. The van der Waals surface area contributed by atoms with Crippen LogP contribution in [0, 0.1) is 0 Å². The van der Waals surface area contributed by atoms with Gasteiger partial charge in [0.1, 0.15) is 0 Å². The van der Waals surface area contributed by atoms with Gasteiger partial charge in [0.2, 0.25) is 0 Å². The van der Waals surface area contributed by atoms with Crippen molar-refractivity contribution < 1.29 is 17.6 Å². The van der Waals surface area contributed by atoms with E-state index < -0.39 is 11.7 Å². The fraction of sp³-hybridized carbons (Fsp3) is 0.231. The van der Waals surface area contributed by atoms with Crippen LogP contribution in [0.5, 0.6) is 0 Å². The summed E-state index contributed by atoms with van der Waals surface area (Å²) in [5.74, 6) is 0. The number of halogens is 3. The van der Waals surface area contributed by atoms with Gasteiger partial charge in [-0.1, -0.05) is 6.07 Å². The van der Waals surface area contributed by atoms with E-state index in [2.05, 4.69) is 5.32 Å². The van der Waals surface area contributed by atoms with Gasteiger partial charge >= 0.3 is 6.18 Å². The summed E-state index contributed by atoms with van der Waals surface area (Å²) < 4.78 is 42.5. The average Bonchev–Trinajstić information content (AvgIpc) is 2.81. The number of alkyl halides is 3. The standard InChI is InChI=1S/C13H12F3NO/c1-9(10-5-6-18-8-10)17-12-4-2-3-11(7-12)13(14,15)16/h2-9,17H,1H3. The summed E-state index contributed by atoms with van der Waals surface area (Å²) in [5.41, 5.74) is 0.651. The van der Waals surface area contributed by atoms with Gasteiger partial charge in [-0.05, 0) is 31.2 Å². The van der Waals surface area contributed by atoms with Crippen molar-refractivity contribution in [2.24, 2.45) is 0 Å². The van der Waals surface area contributed by atoms with Crippen LogP contribution in [-0.4, -0.2) is 0 Å². The molecule has 2 nitrogen and oxygen atoms in total. The van der Waals surface area contributed by atoms with Crippen molar-refractivity contribution in [3.05, 3.63) is 54.0 Å². The number of benzene rings is 1. The minimum absolute atomic E-state index is 0.118. The molecule has 0 saturated heterocycles. The molecule has 0 aliphatic carbocycles. The van der Waals surface area contributed by atoms with Crippen molar-refractivity contribution in [1.82, 2.24) is 0 Å². The molecule has 0 fully saturated rings. The van der Waals surface area contributed by atoms with Crippen LogP contribution in [0.4, 0.5) is 18.9 Å². The fourth-order valence-corrected chi connectivity index (χ4v) is 1.64. The van der Waals surface area contributed by atoms with E-state index in [1.807, 2.05) is 6.92 Å². The third kappa shape index (κ3) is 2.85. The van der Waals surface area contributed by atoms with Gasteiger partial charge in [0.25, 0.3) is 0 Å². The lowest BCUT2D eigenvalue weighted by molar-refractivity contribution is -0.137. The van der Waals surface area contributed by atoms with Crippen LogP contribution in [0.3, 0.4) is 0 Å². The maximum atomic E-state index is 12.5. The molecular weight excluding hydrogens is 243 g/mol. The minimum atomic E-state index is -4.32. The van der Waals surface area contributed by atoms with Gasteiger partial charge in [-0.2, -0.15) is 13.2 Å². The molecule has 1 unspecified atom stereocenters. The molecule has 0 saturated carbocycles. The van der Waals surface area contributed by atoms with E-state index in [1.165, 1.54) is 12.3 Å². The van der Waals surface area contributed by atoms with Gasteiger partial charge in [0.05, 0.1) is 24.1 Å². The number of furan rings is 1. The van der Waals surface area contributed by atoms with Gasteiger partial charge in [-0.25, -0.2) is 0 Å². The Balaban J connectivity index is 2.15. The highest BCUT2D eigenvalue weighted by molar-refractivity contribution is 5.48. The first-order valence-corrected chi connectivity index (χ1v) is 5.43. The van der Waals surface area contributed by atoms with Crippen LogP contribution < -0.4 is 5.32 Å². The van der Waals surface area contributed by atoms with Crippen LogP contribution >= 0.6 is 0 Å². The largest absolute Gasteiger partial charge is 0.472 e. The van der Waals surface area contributed by atoms with E-state index in [0.29, 0.717) is 5.69 Å². The smallest absolute Gasteiger partial charge is 0.416 e. The van der Waals surface area contributed by atoms with Gasteiger partial charge in [-0.15, -0.1) is 0 Å². The Bertz CT molecular complexity index is 505. The molecule has 1 heterocycles. The lowest BCUT2D eigenvalue weighted by atomic mass is 10.1. The van der Waals surface area contributed by atoms with E-state index in [9.17, 15) is 13.2 Å². The monoisotopic (exact) mass is 255 g/mol. The predicted molar refractivity (Wildman–Crippen MR) is 62.2 cm³/mol. The van der Waals surface area contributed by atoms with Crippen LogP contribution in [0.1, 0.15) is 24.1 Å². The van der Waals surface area contributed by atoms with Crippen LogP contribution in [0.25, 0.3) is 0 Å². The minimum Gasteiger partial charge on any atom is -0.472 e. The average molecular weight is 255 g/mol. The molecule has 96 valence electrons. The first-order valence-electron chi connectivity index (χ1n) is 5.43. The van der Waals surface area contributed by atoms with Gasteiger partial charge in [0.15, 0.2) is 0 Å². The zero-order valence-electron chi connectivity index (χ0n) is 9.66. The van der Waals surface area contributed by atoms with Gasteiger partial charge in [-0.3, -0.25) is 0 Å². The Morgan fingerprint density at radius 2 is 2.00 bits per heavy atom. The second-order valence-electron chi connectivity index (χ2n) is 4.00. The molecule has 1 atom stereocenters. The second-order valence-corrected chi connectivity index (χ2v) is 4.00. The first-order chi connectivity index (χ1) is 8.47. The Labute approximate surface area is 102 Å². The van der Waals surface area contributed by atoms with Crippen molar-refractivity contribution in [1.29, 1.82) is 0 Å². The van der Waals surface area contributed by atoms with E-state index >= 15 is 0 Å². The van der Waals surface area contributed by atoms with Crippen molar-refractivity contribution in [2.75, 3.05) is 5.32 Å². The molecule has 0 aliphatic heterocycles. The topological polar surface area (TPSA) is 25.2 Å². The highest BCUT2D eigenvalue weighted by Gasteiger charge is 2.30. The van der Waals surface area contributed by atoms with Crippen LogP contribution in [0.15, 0.2) is 47.3 Å². The van der Waals surface area contributed by atoms with Gasteiger partial charge in [0, 0.05) is 11.3 Å². The molecule has 0 aliphatic rings. The highest BCUT2D eigenvalue weighted by atomic mass is 19.4. The Morgan fingerprint density at radius 3 is 2.61 bits per heavy atom. The Morgan fingerprint density at radius 1 is 1.22 bits per heavy atom. The summed E-state index contributed by atoms with van der Waals surface area (Å²) in [6.45, 7) is 1.85. The molecule has 0 amide bonds. The maximum absolute atomic E-state index is 12.5. The predicted octanol–water partition coefficient (Wildman–Crippen LogP) is 4.47. The van der Waals surface area contributed by atoms with Crippen LogP contribution in [0.2, 0.25) is 0 Å². The number of hydrogen-bond acceptors (Lipinski definition) is 2. The summed E-state index contributed by atoms with van der Waals surface area (Å²) in [7, 11) is 0. The van der Waals surface area contributed by atoms with Crippen molar-refractivity contribution in [3.63, 3.8) is 0 Å². The maximum Gasteiger partial charge on any atom is 0.416 e. The Hall–Kier alpha value is -1.91. The van der Waals surface area contributed by atoms with Gasteiger partial charge < -0.3 is 9.73 Å². The number of rotatable bonds is 3. The summed E-state index contributed by atoms with van der Waals surface area (Å²) >= 11 is 0. The molecule has 1 aromatic heterocycles. The molecule has 1 aromatic carbocycles. The molecule has 18 heavy (non-hydrogen) atoms. The molecule has 2 aromatic rings. The first kappa shape index (κ1) is 12.5. The quantitative estimate of drug-likeness (QED) is 0.875. The molecule has 0 bridgehead atoms. The Kier molecular flexibility index (Phi) is 3.32. The third-order valence-electron chi connectivity index (χ3n) is 2.62. The number of anilines is 1. The lowest BCUT2D eigenvalue weighted by Crippen LogP contribution is -2.08. The van der Waals surface area contributed by atoms with E-state index in [4.69, 9.17) is 4.42 Å². The molecule has 2 rings (SSSR count).